The quantitative estimate of drug-likeness (QED) is 0.413. The summed E-state index contributed by atoms with van der Waals surface area (Å²) in [7, 11) is 0. The molecule has 0 saturated carbocycles. The number of hydrogen-bond acceptors (Lipinski definition) is 3. The number of carbonyl (C=O) groups is 2. The molecule has 30 heavy (non-hydrogen) atoms. The Morgan fingerprint density at radius 1 is 1.07 bits per heavy atom. The lowest BCUT2D eigenvalue weighted by molar-refractivity contribution is -0.139. The predicted octanol–water partition coefficient (Wildman–Crippen LogP) is 5.93. The number of carbonyl (C=O) groups excluding carboxylic acids is 2. The minimum absolute atomic E-state index is 0.0821. The molecule has 2 aromatic carbocycles. The first-order valence-corrected chi connectivity index (χ1v) is 12.4. The first kappa shape index (κ1) is 25.1. The third kappa shape index (κ3) is 7.49. The van der Waals surface area contributed by atoms with Crippen LogP contribution in [0.5, 0.6) is 0 Å². The van der Waals surface area contributed by atoms with E-state index in [-0.39, 0.29) is 17.6 Å². The van der Waals surface area contributed by atoms with Crippen molar-refractivity contribution in [3.05, 3.63) is 68.1 Å². The molecular formula is C22H25BrCl2N2O2S. The van der Waals surface area contributed by atoms with Gasteiger partial charge < -0.3 is 10.2 Å². The smallest absolute Gasteiger partial charge is 0.242 e. The van der Waals surface area contributed by atoms with Crippen LogP contribution in [-0.2, 0) is 21.9 Å². The SMILES string of the molecule is CCNC(=O)[C@H](CC)N(Cc1ccc(Cl)c(Cl)c1)C(=O)CSCc1ccc(Br)cc1. The Kier molecular flexibility index (Phi) is 10.5. The summed E-state index contributed by atoms with van der Waals surface area (Å²) < 4.78 is 1.02. The Hall–Kier alpha value is -1.21. The number of nitrogens with zero attached hydrogens (tertiary/aromatic N) is 1. The minimum atomic E-state index is -0.541. The number of likely N-dealkylation sites (N-methyl/N-ethyl adjacent to an activating group) is 1. The zero-order valence-electron chi connectivity index (χ0n) is 17.0. The van der Waals surface area contributed by atoms with Crippen molar-refractivity contribution in [3.8, 4) is 0 Å². The van der Waals surface area contributed by atoms with Crippen LogP contribution in [0.1, 0.15) is 31.4 Å². The van der Waals surface area contributed by atoms with E-state index < -0.39 is 6.04 Å². The van der Waals surface area contributed by atoms with Crippen molar-refractivity contribution >= 4 is 62.7 Å². The van der Waals surface area contributed by atoms with Gasteiger partial charge >= 0.3 is 0 Å². The highest BCUT2D eigenvalue weighted by atomic mass is 79.9. The normalized spacial score (nSPS) is 11.8. The molecule has 0 aliphatic carbocycles. The first-order valence-electron chi connectivity index (χ1n) is 9.69. The lowest BCUT2D eigenvalue weighted by Gasteiger charge is -2.30. The van der Waals surface area contributed by atoms with Crippen molar-refractivity contribution in [2.24, 2.45) is 0 Å². The monoisotopic (exact) mass is 530 g/mol. The van der Waals surface area contributed by atoms with Crippen LogP contribution in [0, 0.1) is 0 Å². The second-order valence-corrected chi connectivity index (χ2v) is 9.42. The van der Waals surface area contributed by atoms with Crippen molar-refractivity contribution in [1.82, 2.24) is 10.2 Å². The Bertz CT molecular complexity index is 865. The number of rotatable bonds is 10. The topological polar surface area (TPSA) is 49.4 Å². The highest BCUT2D eigenvalue weighted by molar-refractivity contribution is 9.10. The number of halogens is 3. The van der Waals surface area contributed by atoms with Gasteiger partial charge in [0.05, 0.1) is 15.8 Å². The molecule has 0 heterocycles. The third-order valence-electron chi connectivity index (χ3n) is 4.48. The van der Waals surface area contributed by atoms with Gasteiger partial charge in [0.15, 0.2) is 0 Å². The van der Waals surface area contributed by atoms with E-state index in [0.717, 1.165) is 21.4 Å². The average Bonchev–Trinajstić information content (AvgIpc) is 2.72. The second-order valence-electron chi connectivity index (χ2n) is 6.71. The van der Waals surface area contributed by atoms with Crippen molar-refractivity contribution in [3.63, 3.8) is 0 Å². The van der Waals surface area contributed by atoms with Crippen LogP contribution in [0.25, 0.3) is 0 Å². The van der Waals surface area contributed by atoms with E-state index in [4.69, 9.17) is 23.2 Å². The average molecular weight is 532 g/mol. The molecule has 0 unspecified atom stereocenters. The zero-order valence-corrected chi connectivity index (χ0v) is 20.9. The van der Waals surface area contributed by atoms with Gasteiger partial charge in [-0.3, -0.25) is 9.59 Å². The first-order chi connectivity index (χ1) is 14.3. The number of amides is 2. The largest absolute Gasteiger partial charge is 0.355 e. The maximum absolute atomic E-state index is 13.1. The van der Waals surface area contributed by atoms with Gasteiger partial charge in [-0.25, -0.2) is 0 Å². The molecular weight excluding hydrogens is 507 g/mol. The van der Waals surface area contributed by atoms with Crippen molar-refractivity contribution in [1.29, 1.82) is 0 Å². The van der Waals surface area contributed by atoms with Crippen LogP contribution in [0.2, 0.25) is 10.0 Å². The molecule has 0 aliphatic rings. The number of benzene rings is 2. The number of thioether (sulfide) groups is 1. The molecule has 2 rings (SSSR count). The van der Waals surface area contributed by atoms with Crippen LogP contribution in [0.15, 0.2) is 46.9 Å². The molecule has 8 heteroatoms. The van der Waals surface area contributed by atoms with Crippen molar-refractivity contribution < 1.29 is 9.59 Å². The van der Waals surface area contributed by atoms with E-state index in [1.807, 2.05) is 44.2 Å². The number of hydrogen-bond donors (Lipinski definition) is 1. The van der Waals surface area contributed by atoms with Crippen molar-refractivity contribution in [2.75, 3.05) is 12.3 Å². The van der Waals surface area contributed by atoms with E-state index in [9.17, 15) is 9.59 Å². The van der Waals surface area contributed by atoms with E-state index >= 15 is 0 Å². The molecule has 2 aromatic rings. The lowest BCUT2D eigenvalue weighted by atomic mass is 10.1. The standard InChI is InChI=1S/C22H25BrCl2N2O2S/c1-3-20(22(29)26-4-2)27(12-16-7-10-18(24)19(25)11-16)21(28)14-30-13-15-5-8-17(23)9-6-15/h5-11,20H,3-4,12-14H2,1-2H3,(H,26,29)/t20-/m0/s1. The summed E-state index contributed by atoms with van der Waals surface area (Å²) >= 11 is 17.1. The van der Waals surface area contributed by atoms with Crippen LogP contribution in [-0.4, -0.2) is 35.1 Å². The molecule has 0 fully saturated rings. The fraction of sp³-hybridized carbons (Fsp3) is 0.364. The maximum Gasteiger partial charge on any atom is 0.242 e. The molecule has 162 valence electrons. The van der Waals surface area contributed by atoms with Crippen LogP contribution in [0.3, 0.4) is 0 Å². The predicted molar refractivity (Wildman–Crippen MR) is 130 cm³/mol. The van der Waals surface area contributed by atoms with Gasteiger partial charge in [0.25, 0.3) is 0 Å². The van der Waals surface area contributed by atoms with Gasteiger partial charge in [0, 0.05) is 23.3 Å². The molecule has 0 bridgehead atoms. The Morgan fingerprint density at radius 3 is 2.33 bits per heavy atom. The van der Waals surface area contributed by atoms with E-state index in [1.54, 1.807) is 17.0 Å². The summed E-state index contributed by atoms with van der Waals surface area (Å²) in [5.74, 6) is 0.776. The maximum atomic E-state index is 13.1. The fourth-order valence-corrected chi connectivity index (χ4v) is 4.42. The molecule has 0 aromatic heterocycles. The molecule has 1 N–H and O–H groups in total. The van der Waals surface area contributed by atoms with Gasteiger partial charge in [-0.2, -0.15) is 0 Å². The number of nitrogens with one attached hydrogen (secondary N) is 1. The van der Waals surface area contributed by atoms with Crippen LogP contribution in [0.4, 0.5) is 0 Å². The van der Waals surface area contributed by atoms with Gasteiger partial charge in [0.1, 0.15) is 6.04 Å². The Morgan fingerprint density at radius 2 is 1.73 bits per heavy atom. The molecule has 4 nitrogen and oxygen atoms in total. The van der Waals surface area contributed by atoms with E-state index in [1.165, 1.54) is 11.8 Å². The highest BCUT2D eigenvalue weighted by Gasteiger charge is 2.28. The van der Waals surface area contributed by atoms with Crippen LogP contribution >= 0.6 is 50.9 Å². The summed E-state index contributed by atoms with van der Waals surface area (Å²) in [4.78, 5) is 27.3. The van der Waals surface area contributed by atoms with E-state index in [2.05, 4.69) is 21.2 Å². The summed E-state index contributed by atoms with van der Waals surface area (Å²) in [5, 5.41) is 3.72. The third-order valence-corrected chi connectivity index (χ3v) is 6.74. The summed E-state index contributed by atoms with van der Waals surface area (Å²) in [6.45, 7) is 4.58. The Balaban J connectivity index is 2.13. The summed E-state index contributed by atoms with van der Waals surface area (Å²) in [5.41, 5.74) is 1.97. The van der Waals surface area contributed by atoms with Crippen molar-refractivity contribution in [2.45, 2.75) is 38.6 Å². The van der Waals surface area contributed by atoms with Gasteiger partial charge in [-0.1, -0.05) is 64.3 Å². The van der Waals surface area contributed by atoms with Gasteiger partial charge in [0.2, 0.25) is 11.8 Å². The Labute approximate surface area is 200 Å². The zero-order chi connectivity index (χ0) is 22.1. The second kappa shape index (κ2) is 12.6. The molecule has 0 spiro atoms. The molecule has 1 atom stereocenters. The molecule has 0 aliphatic heterocycles. The summed E-state index contributed by atoms with van der Waals surface area (Å²) in [6, 6.07) is 12.7. The van der Waals surface area contributed by atoms with Gasteiger partial charge in [-0.05, 0) is 48.7 Å². The summed E-state index contributed by atoms with van der Waals surface area (Å²) in [6.07, 6.45) is 0.524. The van der Waals surface area contributed by atoms with Crippen LogP contribution < -0.4 is 5.32 Å². The van der Waals surface area contributed by atoms with E-state index in [0.29, 0.717) is 29.6 Å². The molecule has 0 saturated heterocycles. The molecule has 0 radical (unpaired) electrons. The van der Waals surface area contributed by atoms with Gasteiger partial charge in [-0.15, -0.1) is 11.8 Å². The minimum Gasteiger partial charge on any atom is -0.355 e. The lowest BCUT2D eigenvalue weighted by Crippen LogP contribution is -2.49. The fourth-order valence-electron chi connectivity index (χ4n) is 2.97. The highest BCUT2D eigenvalue weighted by Crippen LogP contribution is 2.24. The molecule has 2 amide bonds.